The number of hydrogen-bond donors (Lipinski definition) is 0. The molecule has 1 aromatic rings. The van der Waals surface area contributed by atoms with E-state index in [-0.39, 0.29) is 13.6 Å². The summed E-state index contributed by atoms with van der Waals surface area (Å²) in [4.78, 5) is 11.8. The van der Waals surface area contributed by atoms with E-state index in [1.165, 1.54) is 14.2 Å². The quantitative estimate of drug-likeness (QED) is 0.412. The lowest BCUT2D eigenvalue weighted by molar-refractivity contribution is -0.0392. The van der Waals surface area contributed by atoms with Crippen molar-refractivity contribution in [1.29, 1.82) is 0 Å². The number of hydrogen-bond acceptors (Lipinski definition) is 6. The molecular formula is C14H20O6. The number of benzene rings is 1. The Bertz CT molecular complexity index is 444. The highest BCUT2D eigenvalue weighted by atomic mass is 16.7. The van der Waals surface area contributed by atoms with Crippen LogP contribution in [0.1, 0.15) is 21.5 Å². The Hall–Kier alpha value is -1.63. The fraction of sp³-hybridized carbons (Fsp3) is 0.500. The van der Waals surface area contributed by atoms with Crippen LogP contribution in [0.4, 0.5) is 0 Å². The Morgan fingerprint density at radius 3 is 2.40 bits per heavy atom. The fourth-order valence-electron chi connectivity index (χ4n) is 1.75. The Morgan fingerprint density at radius 1 is 1.10 bits per heavy atom. The lowest BCUT2D eigenvalue weighted by atomic mass is 10.0. The summed E-state index contributed by atoms with van der Waals surface area (Å²) in [5.74, 6) is -0.0346. The Balaban J connectivity index is 3.01. The minimum absolute atomic E-state index is 0.0474. The second kappa shape index (κ2) is 8.52. The summed E-state index contributed by atoms with van der Waals surface area (Å²) in [7, 11) is 4.40. The van der Waals surface area contributed by atoms with Crippen molar-refractivity contribution in [3.63, 3.8) is 0 Å². The van der Waals surface area contributed by atoms with Crippen LogP contribution in [0.15, 0.2) is 12.1 Å². The summed E-state index contributed by atoms with van der Waals surface area (Å²) in [6.45, 7) is 2.42. The van der Waals surface area contributed by atoms with Crippen molar-refractivity contribution in [2.24, 2.45) is 0 Å². The van der Waals surface area contributed by atoms with Gasteiger partial charge in [0, 0.05) is 14.2 Å². The Morgan fingerprint density at radius 2 is 1.80 bits per heavy atom. The van der Waals surface area contributed by atoms with E-state index in [4.69, 9.17) is 23.7 Å². The van der Waals surface area contributed by atoms with Crippen molar-refractivity contribution in [2.45, 2.75) is 13.5 Å². The van der Waals surface area contributed by atoms with Gasteiger partial charge in [-0.25, -0.2) is 4.79 Å². The predicted octanol–water partition coefficient (Wildman–Crippen LogP) is 1.88. The van der Waals surface area contributed by atoms with Crippen molar-refractivity contribution < 1.29 is 28.5 Å². The molecule has 0 saturated carbocycles. The molecule has 0 radical (unpaired) electrons. The molecule has 0 aliphatic carbocycles. The molecule has 0 heterocycles. The molecule has 0 amide bonds. The van der Waals surface area contributed by atoms with Crippen LogP contribution in [0.3, 0.4) is 0 Å². The van der Waals surface area contributed by atoms with E-state index >= 15 is 0 Å². The molecule has 0 aliphatic heterocycles. The van der Waals surface area contributed by atoms with Crippen molar-refractivity contribution in [3.8, 4) is 5.75 Å². The van der Waals surface area contributed by atoms with E-state index in [0.717, 1.165) is 11.1 Å². The number of carbonyl (C=O) groups excluding carboxylic acids is 1. The van der Waals surface area contributed by atoms with Gasteiger partial charge in [-0.2, -0.15) is 0 Å². The minimum atomic E-state index is -0.446. The third-order valence-electron chi connectivity index (χ3n) is 2.55. The highest BCUT2D eigenvalue weighted by Gasteiger charge is 2.17. The molecule has 0 aliphatic rings. The number of ether oxygens (including phenoxy) is 5. The van der Waals surface area contributed by atoms with Gasteiger partial charge in [0.1, 0.15) is 18.1 Å². The maximum absolute atomic E-state index is 11.8. The normalized spacial score (nSPS) is 10.4. The van der Waals surface area contributed by atoms with E-state index in [1.54, 1.807) is 13.2 Å². The largest absolute Gasteiger partial charge is 0.467 e. The molecule has 0 atom stereocenters. The molecule has 0 unspecified atom stereocenters. The number of methoxy groups -OCH3 is 3. The lowest BCUT2D eigenvalue weighted by Crippen LogP contribution is -2.10. The number of esters is 1. The Kier molecular flexibility index (Phi) is 7.00. The van der Waals surface area contributed by atoms with Crippen molar-refractivity contribution in [2.75, 3.05) is 34.9 Å². The van der Waals surface area contributed by atoms with Crippen LogP contribution in [0.2, 0.25) is 0 Å². The molecule has 0 spiro atoms. The summed E-state index contributed by atoms with van der Waals surface area (Å²) < 4.78 is 25.2. The van der Waals surface area contributed by atoms with Crippen LogP contribution in [0.25, 0.3) is 0 Å². The highest BCUT2D eigenvalue weighted by Crippen LogP contribution is 2.26. The van der Waals surface area contributed by atoms with Gasteiger partial charge in [0.15, 0.2) is 6.79 Å². The molecule has 6 nitrogen and oxygen atoms in total. The van der Waals surface area contributed by atoms with Gasteiger partial charge in [-0.1, -0.05) is 6.07 Å². The molecular weight excluding hydrogens is 264 g/mol. The first-order valence-corrected chi connectivity index (χ1v) is 6.04. The van der Waals surface area contributed by atoms with E-state index in [0.29, 0.717) is 17.9 Å². The van der Waals surface area contributed by atoms with Gasteiger partial charge in [-0.15, -0.1) is 0 Å². The molecule has 112 valence electrons. The third-order valence-corrected chi connectivity index (χ3v) is 2.55. The monoisotopic (exact) mass is 284 g/mol. The molecule has 0 saturated heterocycles. The SMILES string of the molecule is COCOCc1cc(C)c(C(=O)OC)c(OCOC)c1. The van der Waals surface area contributed by atoms with Gasteiger partial charge in [-0.05, 0) is 24.1 Å². The van der Waals surface area contributed by atoms with Gasteiger partial charge in [-0.3, -0.25) is 0 Å². The van der Waals surface area contributed by atoms with Gasteiger partial charge in [0.25, 0.3) is 0 Å². The molecule has 1 aromatic carbocycles. The van der Waals surface area contributed by atoms with Crippen molar-refractivity contribution >= 4 is 5.97 Å². The predicted molar refractivity (Wildman–Crippen MR) is 71.7 cm³/mol. The summed E-state index contributed by atoms with van der Waals surface area (Å²) >= 11 is 0. The first-order chi connectivity index (χ1) is 9.63. The van der Waals surface area contributed by atoms with Crippen LogP contribution in [-0.2, 0) is 25.6 Å². The lowest BCUT2D eigenvalue weighted by Gasteiger charge is -2.14. The van der Waals surface area contributed by atoms with E-state index in [9.17, 15) is 4.79 Å². The van der Waals surface area contributed by atoms with Gasteiger partial charge >= 0.3 is 5.97 Å². The average Bonchev–Trinajstić information content (AvgIpc) is 2.44. The fourth-order valence-corrected chi connectivity index (χ4v) is 1.75. The molecule has 0 bridgehead atoms. The topological polar surface area (TPSA) is 63.2 Å². The summed E-state index contributed by atoms with van der Waals surface area (Å²) in [6, 6.07) is 3.58. The smallest absolute Gasteiger partial charge is 0.341 e. The molecule has 0 N–H and O–H groups in total. The number of rotatable bonds is 8. The van der Waals surface area contributed by atoms with Crippen LogP contribution in [0.5, 0.6) is 5.75 Å². The summed E-state index contributed by atoms with van der Waals surface area (Å²) in [5, 5.41) is 0. The molecule has 0 fully saturated rings. The highest BCUT2D eigenvalue weighted by molar-refractivity contribution is 5.94. The Labute approximate surface area is 118 Å². The number of aryl methyl sites for hydroxylation is 1. The first-order valence-electron chi connectivity index (χ1n) is 6.04. The maximum atomic E-state index is 11.8. The minimum Gasteiger partial charge on any atom is -0.467 e. The molecule has 0 aromatic heterocycles. The average molecular weight is 284 g/mol. The standard InChI is InChI=1S/C14H20O6/c1-10-5-11(7-19-8-16-2)6-12(20-9-17-3)13(10)14(15)18-4/h5-6H,7-9H2,1-4H3. The molecule has 20 heavy (non-hydrogen) atoms. The van der Waals surface area contributed by atoms with Crippen LogP contribution < -0.4 is 4.74 Å². The van der Waals surface area contributed by atoms with Gasteiger partial charge < -0.3 is 23.7 Å². The zero-order valence-electron chi connectivity index (χ0n) is 12.2. The first kappa shape index (κ1) is 16.4. The molecule has 1 rings (SSSR count). The van der Waals surface area contributed by atoms with E-state index < -0.39 is 5.97 Å². The zero-order valence-corrected chi connectivity index (χ0v) is 12.2. The van der Waals surface area contributed by atoms with Crippen LogP contribution >= 0.6 is 0 Å². The number of carbonyl (C=O) groups is 1. The van der Waals surface area contributed by atoms with E-state index in [1.807, 2.05) is 13.0 Å². The van der Waals surface area contributed by atoms with Gasteiger partial charge in [0.05, 0.1) is 13.7 Å². The van der Waals surface area contributed by atoms with Gasteiger partial charge in [0.2, 0.25) is 0 Å². The maximum Gasteiger partial charge on any atom is 0.341 e. The van der Waals surface area contributed by atoms with Crippen LogP contribution in [-0.4, -0.2) is 40.9 Å². The zero-order chi connectivity index (χ0) is 15.0. The molecule has 6 heteroatoms. The summed E-state index contributed by atoms with van der Waals surface area (Å²) in [6.07, 6.45) is 0. The van der Waals surface area contributed by atoms with E-state index in [2.05, 4.69) is 0 Å². The second-order valence-corrected chi connectivity index (χ2v) is 4.08. The summed E-state index contributed by atoms with van der Waals surface area (Å²) in [5.41, 5.74) is 2.01. The second-order valence-electron chi connectivity index (χ2n) is 4.08. The van der Waals surface area contributed by atoms with Crippen molar-refractivity contribution in [1.82, 2.24) is 0 Å². The van der Waals surface area contributed by atoms with Crippen LogP contribution in [0, 0.1) is 6.92 Å². The van der Waals surface area contributed by atoms with Crippen molar-refractivity contribution in [3.05, 3.63) is 28.8 Å². The third kappa shape index (κ3) is 4.48.